The molecule has 0 aliphatic rings. The summed E-state index contributed by atoms with van der Waals surface area (Å²) in [7, 11) is 0. The number of hydrogen-bond acceptors (Lipinski definition) is 1. The van der Waals surface area contributed by atoms with Gasteiger partial charge in [0.05, 0.1) is 0 Å². The molecule has 0 spiro atoms. The zero-order chi connectivity index (χ0) is 12.9. The average molecular weight is 246 g/mol. The first kappa shape index (κ1) is 11.5. The van der Waals surface area contributed by atoms with Gasteiger partial charge in [-0.2, -0.15) is 5.10 Å². The van der Waals surface area contributed by atoms with E-state index in [0.29, 0.717) is 0 Å². The van der Waals surface area contributed by atoms with E-state index in [2.05, 4.69) is 53.6 Å². The van der Waals surface area contributed by atoms with Crippen LogP contribution < -0.4 is 0 Å². The van der Waals surface area contributed by atoms with E-state index < -0.39 is 0 Å². The van der Waals surface area contributed by atoms with Gasteiger partial charge in [-0.25, -0.2) is 4.68 Å². The smallest absolute Gasteiger partial charge is 0.0493 e. The van der Waals surface area contributed by atoms with Gasteiger partial charge in [0.25, 0.3) is 0 Å². The molecule has 1 heterocycles. The molecule has 0 saturated carbocycles. The normalized spacial score (nSPS) is 10.1. The molecule has 2 nitrogen and oxygen atoms in total. The molecule has 0 fully saturated rings. The third-order valence-electron chi connectivity index (χ3n) is 2.96. The molecular weight excluding hydrogens is 232 g/mol. The van der Waals surface area contributed by atoms with E-state index in [1.807, 2.05) is 35.3 Å². The number of benzene rings is 2. The molecule has 1 aromatic heterocycles. The van der Waals surface area contributed by atoms with Crippen molar-refractivity contribution < 1.29 is 0 Å². The van der Waals surface area contributed by atoms with Gasteiger partial charge in [-0.1, -0.05) is 60.7 Å². The van der Waals surface area contributed by atoms with E-state index in [0.717, 1.165) is 5.57 Å². The predicted octanol–water partition coefficient (Wildman–Crippen LogP) is 3.93. The summed E-state index contributed by atoms with van der Waals surface area (Å²) in [6, 6.07) is 22.6. The van der Waals surface area contributed by atoms with Crippen LogP contribution in [0.25, 0.3) is 11.8 Å². The van der Waals surface area contributed by atoms with Gasteiger partial charge >= 0.3 is 0 Å². The molecule has 2 aromatic carbocycles. The lowest BCUT2D eigenvalue weighted by atomic mass is 9.99. The van der Waals surface area contributed by atoms with Crippen LogP contribution in [-0.2, 0) is 0 Å². The van der Waals surface area contributed by atoms with Crippen molar-refractivity contribution in [2.75, 3.05) is 0 Å². The molecule has 92 valence electrons. The lowest BCUT2D eigenvalue weighted by molar-refractivity contribution is 0.936. The maximum atomic E-state index is 4.25. The molecular formula is C17H14N2. The van der Waals surface area contributed by atoms with Gasteiger partial charge in [0.15, 0.2) is 0 Å². The monoisotopic (exact) mass is 246 g/mol. The summed E-state index contributed by atoms with van der Waals surface area (Å²) in [5.74, 6) is 0. The van der Waals surface area contributed by atoms with Crippen molar-refractivity contribution in [3.63, 3.8) is 0 Å². The van der Waals surface area contributed by atoms with Crippen molar-refractivity contribution >= 4 is 11.8 Å². The van der Waals surface area contributed by atoms with E-state index in [4.69, 9.17) is 0 Å². The van der Waals surface area contributed by atoms with Crippen molar-refractivity contribution in [1.29, 1.82) is 0 Å². The lowest BCUT2D eigenvalue weighted by Crippen LogP contribution is -1.93. The van der Waals surface area contributed by atoms with Crippen LogP contribution in [0.15, 0.2) is 79.1 Å². The molecule has 19 heavy (non-hydrogen) atoms. The third kappa shape index (κ3) is 2.63. The van der Waals surface area contributed by atoms with Crippen molar-refractivity contribution in [3.05, 3.63) is 90.3 Å². The van der Waals surface area contributed by atoms with Gasteiger partial charge in [-0.15, -0.1) is 0 Å². The Hall–Kier alpha value is -2.61. The standard InChI is InChI=1S/C17H14N2/c1-3-8-15(9-4-1)17(14-19-13-7-12-18-19)16-10-5-2-6-11-16/h1-14H. The summed E-state index contributed by atoms with van der Waals surface area (Å²) in [6.45, 7) is 0. The van der Waals surface area contributed by atoms with Crippen LogP contribution >= 0.6 is 0 Å². The maximum absolute atomic E-state index is 4.25. The van der Waals surface area contributed by atoms with Crippen LogP contribution in [0.3, 0.4) is 0 Å². The molecule has 0 saturated heterocycles. The van der Waals surface area contributed by atoms with Crippen LogP contribution in [-0.4, -0.2) is 9.78 Å². The summed E-state index contributed by atoms with van der Waals surface area (Å²) in [5, 5.41) is 4.25. The van der Waals surface area contributed by atoms with Gasteiger partial charge < -0.3 is 0 Å². The summed E-state index contributed by atoms with van der Waals surface area (Å²) >= 11 is 0. The van der Waals surface area contributed by atoms with Crippen LogP contribution in [0.5, 0.6) is 0 Å². The molecule has 0 unspecified atom stereocenters. The molecule has 3 aromatic rings. The van der Waals surface area contributed by atoms with Crippen LogP contribution in [0.2, 0.25) is 0 Å². The van der Waals surface area contributed by atoms with Crippen LogP contribution in [0.4, 0.5) is 0 Å². The van der Waals surface area contributed by atoms with Crippen molar-refractivity contribution in [2.24, 2.45) is 0 Å². The molecule has 0 bridgehead atoms. The Morgan fingerprint density at radius 2 is 1.37 bits per heavy atom. The zero-order valence-corrected chi connectivity index (χ0v) is 10.5. The topological polar surface area (TPSA) is 17.8 Å². The summed E-state index contributed by atoms with van der Waals surface area (Å²) in [5.41, 5.74) is 3.53. The van der Waals surface area contributed by atoms with Gasteiger partial charge in [-0.3, -0.25) is 0 Å². The van der Waals surface area contributed by atoms with E-state index in [1.54, 1.807) is 6.20 Å². The second kappa shape index (κ2) is 5.36. The van der Waals surface area contributed by atoms with Crippen molar-refractivity contribution in [2.45, 2.75) is 0 Å². The van der Waals surface area contributed by atoms with E-state index in [-0.39, 0.29) is 0 Å². The molecule has 2 heteroatoms. The first-order valence-corrected chi connectivity index (χ1v) is 6.25. The number of nitrogens with zero attached hydrogens (tertiary/aromatic N) is 2. The number of rotatable bonds is 3. The summed E-state index contributed by atoms with van der Waals surface area (Å²) in [4.78, 5) is 0. The van der Waals surface area contributed by atoms with Crippen LogP contribution in [0, 0.1) is 0 Å². The summed E-state index contributed by atoms with van der Waals surface area (Å²) < 4.78 is 1.83. The minimum absolute atomic E-state index is 1.16. The molecule has 0 radical (unpaired) electrons. The van der Waals surface area contributed by atoms with Gasteiger partial charge in [0.2, 0.25) is 0 Å². The molecule has 0 aliphatic heterocycles. The second-order valence-electron chi connectivity index (χ2n) is 4.26. The SMILES string of the molecule is C(=C(c1ccccc1)c1ccccc1)n1cccn1. The Morgan fingerprint density at radius 3 is 1.84 bits per heavy atom. The van der Waals surface area contributed by atoms with Crippen LogP contribution in [0.1, 0.15) is 11.1 Å². The van der Waals surface area contributed by atoms with Crippen molar-refractivity contribution in [1.82, 2.24) is 9.78 Å². The van der Waals surface area contributed by atoms with Gasteiger partial charge in [0.1, 0.15) is 0 Å². The lowest BCUT2D eigenvalue weighted by Gasteiger charge is -2.08. The fourth-order valence-corrected chi connectivity index (χ4v) is 2.04. The highest BCUT2D eigenvalue weighted by Crippen LogP contribution is 2.23. The fourth-order valence-electron chi connectivity index (χ4n) is 2.04. The number of hydrogen-bond donors (Lipinski definition) is 0. The molecule has 0 N–H and O–H groups in total. The average Bonchev–Trinajstić information content (AvgIpc) is 3.00. The van der Waals surface area contributed by atoms with Crippen molar-refractivity contribution in [3.8, 4) is 0 Å². The quantitative estimate of drug-likeness (QED) is 0.684. The highest BCUT2D eigenvalue weighted by Gasteiger charge is 2.04. The minimum Gasteiger partial charge on any atom is -0.248 e. The highest BCUT2D eigenvalue weighted by molar-refractivity contribution is 5.87. The maximum Gasteiger partial charge on any atom is 0.0493 e. The molecule has 0 aliphatic carbocycles. The third-order valence-corrected chi connectivity index (χ3v) is 2.96. The first-order chi connectivity index (χ1) is 9.43. The number of aromatic nitrogens is 2. The second-order valence-corrected chi connectivity index (χ2v) is 4.26. The van der Waals surface area contributed by atoms with E-state index in [1.165, 1.54) is 11.1 Å². The Kier molecular flexibility index (Phi) is 3.24. The Balaban J connectivity index is 2.12. The minimum atomic E-state index is 1.16. The van der Waals surface area contributed by atoms with Gasteiger partial charge in [-0.05, 0) is 17.2 Å². The first-order valence-electron chi connectivity index (χ1n) is 6.25. The predicted molar refractivity (Wildman–Crippen MR) is 78.4 cm³/mol. The Bertz CT molecular complexity index is 612. The molecule has 3 rings (SSSR count). The van der Waals surface area contributed by atoms with Gasteiger partial charge in [0, 0.05) is 24.2 Å². The fraction of sp³-hybridized carbons (Fsp3) is 0. The molecule has 0 atom stereocenters. The zero-order valence-electron chi connectivity index (χ0n) is 10.5. The highest BCUT2D eigenvalue weighted by atomic mass is 15.2. The Labute approximate surface area is 112 Å². The molecule has 0 amide bonds. The van der Waals surface area contributed by atoms with E-state index >= 15 is 0 Å². The van der Waals surface area contributed by atoms with E-state index in [9.17, 15) is 0 Å². The largest absolute Gasteiger partial charge is 0.248 e. The Morgan fingerprint density at radius 1 is 0.789 bits per heavy atom. The summed E-state index contributed by atoms with van der Waals surface area (Å²) in [6.07, 6.45) is 5.76.